The van der Waals surface area contributed by atoms with Gasteiger partial charge >= 0.3 is 0 Å². The molecular weight excluding hydrogens is 368 g/mol. The van der Waals surface area contributed by atoms with Crippen LogP contribution in [0.15, 0.2) is 41.4 Å². The van der Waals surface area contributed by atoms with E-state index in [2.05, 4.69) is 4.98 Å². The molecular formula is C19H16N2O3S2. The van der Waals surface area contributed by atoms with Gasteiger partial charge in [0.05, 0.1) is 10.6 Å². The fraction of sp³-hybridized carbons (Fsp3) is 0.211. The highest BCUT2D eigenvalue weighted by Crippen LogP contribution is 2.36. The molecule has 2 aromatic rings. The third-order valence-electron chi connectivity index (χ3n) is 4.09. The van der Waals surface area contributed by atoms with Gasteiger partial charge in [-0.2, -0.15) is 0 Å². The summed E-state index contributed by atoms with van der Waals surface area (Å²) in [5, 5.41) is 0. The Kier molecular flexibility index (Phi) is 4.42. The number of hydrogen-bond acceptors (Lipinski definition) is 6. The maximum absolute atomic E-state index is 12.5. The molecule has 1 aromatic heterocycles. The van der Waals surface area contributed by atoms with Gasteiger partial charge in [0, 0.05) is 17.8 Å². The van der Waals surface area contributed by atoms with E-state index in [9.17, 15) is 4.79 Å². The monoisotopic (exact) mass is 384 g/mol. The van der Waals surface area contributed by atoms with E-state index in [1.54, 1.807) is 11.1 Å². The van der Waals surface area contributed by atoms with Crippen molar-refractivity contribution in [1.82, 2.24) is 9.88 Å². The number of pyridine rings is 1. The molecule has 2 aliphatic rings. The summed E-state index contributed by atoms with van der Waals surface area (Å²) in [5.41, 5.74) is 2.64. The van der Waals surface area contributed by atoms with Gasteiger partial charge in [-0.15, -0.1) is 0 Å². The predicted molar refractivity (Wildman–Crippen MR) is 106 cm³/mol. The number of hydrogen-bond donors (Lipinski definition) is 0. The van der Waals surface area contributed by atoms with Crippen LogP contribution in [0.4, 0.5) is 0 Å². The van der Waals surface area contributed by atoms with Crippen LogP contribution >= 0.6 is 24.0 Å². The van der Waals surface area contributed by atoms with Crippen LogP contribution in [-0.4, -0.2) is 32.9 Å². The van der Waals surface area contributed by atoms with Crippen molar-refractivity contribution in [3.05, 3.63) is 47.0 Å². The minimum atomic E-state index is -0.0464. The van der Waals surface area contributed by atoms with Crippen LogP contribution < -0.4 is 9.47 Å². The van der Waals surface area contributed by atoms with E-state index in [-0.39, 0.29) is 18.7 Å². The van der Waals surface area contributed by atoms with E-state index in [1.165, 1.54) is 11.8 Å². The van der Waals surface area contributed by atoms with E-state index >= 15 is 0 Å². The number of amides is 1. The number of fused-ring (bicyclic) bond motifs is 1. The second-order valence-corrected chi connectivity index (χ2v) is 7.87. The predicted octanol–water partition coefficient (Wildman–Crippen LogP) is 4.09. The Morgan fingerprint density at radius 1 is 1.23 bits per heavy atom. The molecule has 0 N–H and O–H groups in total. The van der Waals surface area contributed by atoms with Gasteiger partial charge in [-0.3, -0.25) is 14.7 Å². The first-order valence-electron chi connectivity index (χ1n) is 8.16. The fourth-order valence-electron chi connectivity index (χ4n) is 2.79. The van der Waals surface area contributed by atoms with Crippen LogP contribution in [0.1, 0.15) is 19.4 Å². The zero-order chi connectivity index (χ0) is 18.3. The zero-order valence-electron chi connectivity index (χ0n) is 14.3. The smallest absolute Gasteiger partial charge is 0.266 e. The number of carbonyl (C=O) groups is 1. The van der Waals surface area contributed by atoms with Gasteiger partial charge in [0.15, 0.2) is 11.5 Å². The summed E-state index contributed by atoms with van der Waals surface area (Å²) in [6, 6.07) is 9.66. The molecule has 0 bridgehead atoms. The van der Waals surface area contributed by atoms with Crippen LogP contribution in [0.2, 0.25) is 0 Å². The van der Waals surface area contributed by atoms with Crippen molar-refractivity contribution in [1.29, 1.82) is 0 Å². The number of ether oxygens (including phenoxy) is 2. The lowest BCUT2D eigenvalue weighted by atomic mass is 10.1. The average Bonchev–Trinajstić information content (AvgIpc) is 3.19. The van der Waals surface area contributed by atoms with E-state index in [4.69, 9.17) is 21.7 Å². The first-order valence-corrected chi connectivity index (χ1v) is 9.38. The molecule has 1 amide bonds. The Bertz CT molecular complexity index is 923. The van der Waals surface area contributed by atoms with Crippen molar-refractivity contribution >= 4 is 40.3 Å². The first kappa shape index (κ1) is 17.1. The lowest BCUT2D eigenvalue weighted by Crippen LogP contribution is -2.34. The van der Waals surface area contributed by atoms with Crippen LogP contribution in [0.3, 0.4) is 0 Å². The van der Waals surface area contributed by atoms with Crippen LogP contribution in [-0.2, 0) is 4.79 Å². The van der Waals surface area contributed by atoms with Crippen molar-refractivity contribution in [3.63, 3.8) is 0 Å². The van der Waals surface area contributed by atoms with Gasteiger partial charge in [-0.05, 0) is 49.8 Å². The molecule has 5 nitrogen and oxygen atoms in total. The van der Waals surface area contributed by atoms with Crippen molar-refractivity contribution in [3.8, 4) is 22.8 Å². The quantitative estimate of drug-likeness (QED) is 0.587. The van der Waals surface area contributed by atoms with E-state index < -0.39 is 0 Å². The third-order valence-corrected chi connectivity index (χ3v) is 5.42. The standard InChI is InChI=1S/C19H16N2O3S2/c1-11(2)21-18(22)17(26-19(21)25)7-12-3-5-14(20-9-12)13-4-6-15-16(8-13)24-10-23-15/h3-9,11H,10H2,1-2H3/b17-7-. The summed E-state index contributed by atoms with van der Waals surface area (Å²) in [4.78, 5) is 19.2. The largest absolute Gasteiger partial charge is 0.454 e. The highest BCUT2D eigenvalue weighted by molar-refractivity contribution is 8.26. The van der Waals surface area contributed by atoms with Gasteiger partial charge < -0.3 is 9.47 Å². The summed E-state index contributed by atoms with van der Waals surface area (Å²) in [6.07, 6.45) is 3.58. The normalized spacial score (nSPS) is 17.7. The van der Waals surface area contributed by atoms with Gasteiger partial charge in [0.25, 0.3) is 5.91 Å². The van der Waals surface area contributed by atoms with Crippen LogP contribution in [0.25, 0.3) is 17.3 Å². The third kappa shape index (κ3) is 3.08. The van der Waals surface area contributed by atoms with E-state index in [1.807, 2.05) is 50.3 Å². The highest BCUT2D eigenvalue weighted by atomic mass is 32.2. The molecule has 1 aromatic carbocycles. The summed E-state index contributed by atoms with van der Waals surface area (Å²) < 4.78 is 11.3. The first-order chi connectivity index (χ1) is 12.5. The molecule has 26 heavy (non-hydrogen) atoms. The molecule has 4 rings (SSSR count). The van der Waals surface area contributed by atoms with Crippen molar-refractivity contribution in [2.24, 2.45) is 0 Å². The summed E-state index contributed by atoms with van der Waals surface area (Å²) in [6.45, 7) is 4.16. The molecule has 1 saturated heterocycles. The zero-order valence-corrected chi connectivity index (χ0v) is 15.9. The highest BCUT2D eigenvalue weighted by Gasteiger charge is 2.33. The molecule has 1 fully saturated rings. The van der Waals surface area contributed by atoms with E-state index in [0.717, 1.165) is 28.3 Å². The number of thiocarbonyl (C=S) groups is 1. The molecule has 0 saturated carbocycles. The van der Waals surface area contributed by atoms with Gasteiger partial charge in [0.2, 0.25) is 6.79 Å². The SMILES string of the molecule is CC(C)N1C(=O)/C(=C/c2ccc(-c3ccc4c(c3)OCO4)nc2)SC1=S. The second-order valence-electron chi connectivity index (χ2n) is 6.19. The number of benzene rings is 1. The van der Waals surface area contributed by atoms with Crippen molar-refractivity contribution < 1.29 is 14.3 Å². The number of rotatable bonds is 3. The van der Waals surface area contributed by atoms with Gasteiger partial charge in [0.1, 0.15) is 4.32 Å². The molecule has 3 heterocycles. The Hall–Kier alpha value is -2.38. The summed E-state index contributed by atoms with van der Waals surface area (Å²) in [5.74, 6) is 1.43. The number of carbonyl (C=O) groups excluding carboxylic acids is 1. The molecule has 0 unspecified atom stereocenters. The van der Waals surface area contributed by atoms with Gasteiger partial charge in [-0.1, -0.05) is 30.0 Å². The minimum absolute atomic E-state index is 0.0464. The lowest BCUT2D eigenvalue weighted by molar-refractivity contribution is -0.123. The Labute approximate surface area is 161 Å². The minimum Gasteiger partial charge on any atom is -0.454 e. The van der Waals surface area contributed by atoms with Crippen LogP contribution in [0, 0.1) is 0 Å². The van der Waals surface area contributed by atoms with Crippen LogP contribution in [0.5, 0.6) is 11.5 Å². The molecule has 132 valence electrons. The molecule has 2 aliphatic heterocycles. The van der Waals surface area contributed by atoms with Crippen molar-refractivity contribution in [2.45, 2.75) is 19.9 Å². The summed E-state index contributed by atoms with van der Waals surface area (Å²) >= 11 is 6.63. The summed E-state index contributed by atoms with van der Waals surface area (Å²) in [7, 11) is 0. The maximum atomic E-state index is 12.5. The average molecular weight is 384 g/mol. The Morgan fingerprint density at radius 3 is 2.73 bits per heavy atom. The molecule has 0 atom stereocenters. The van der Waals surface area contributed by atoms with Gasteiger partial charge in [-0.25, -0.2) is 0 Å². The number of aromatic nitrogens is 1. The maximum Gasteiger partial charge on any atom is 0.266 e. The Morgan fingerprint density at radius 2 is 2.04 bits per heavy atom. The number of nitrogens with zero attached hydrogens (tertiary/aromatic N) is 2. The Balaban J connectivity index is 1.57. The second kappa shape index (κ2) is 6.74. The molecule has 0 radical (unpaired) electrons. The van der Waals surface area contributed by atoms with Crippen molar-refractivity contribution in [2.75, 3.05) is 6.79 Å². The number of thioether (sulfide) groups is 1. The molecule has 7 heteroatoms. The topological polar surface area (TPSA) is 51.7 Å². The molecule has 0 aliphatic carbocycles. The molecule has 0 spiro atoms. The fourth-order valence-corrected chi connectivity index (χ4v) is 4.32. The van der Waals surface area contributed by atoms with E-state index in [0.29, 0.717) is 9.23 Å². The lowest BCUT2D eigenvalue weighted by Gasteiger charge is -2.18.